The van der Waals surface area contributed by atoms with Gasteiger partial charge in [0.15, 0.2) is 16.8 Å². The lowest BCUT2D eigenvalue weighted by Gasteiger charge is -2.28. The van der Waals surface area contributed by atoms with Gasteiger partial charge in [-0.25, -0.2) is 0 Å². The molecule has 0 spiro atoms. The lowest BCUT2D eigenvalue weighted by molar-refractivity contribution is -0.383. The Labute approximate surface area is 205 Å². The monoisotopic (exact) mass is 488 g/mol. The molecule has 0 atom stereocenters. The van der Waals surface area contributed by atoms with Crippen molar-refractivity contribution in [2.24, 2.45) is 0 Å². The number of rotatable bonds is 9. The summed E-state index contributed by atoms with van der Waals surface area (Å²) in [5.74, 6) is 1.60. The zero-order valence-corrected chi connectivity index (χ0v) is 20.8. The molecule has 0 amide bonds. The molecular weight excluding hydrogens is 461 g/mol. The predicted molar refractivity (Wildman–Crippen MR) is 142 cm³/mol. The van der Waals surface area contributed by atoms with Gasteiger partial charge in [-0.1, -0.05) is 48.5 Å². The smallest absolute Gasteiger partial charge is 0.311 e. The van der Waals surface area contributed by atoms with Gasteiger partial charge in [-0.15, -0.1) is 0 Å². The van der Waals surface area contributed by atoms with Gasteiger partial charge in [0.25, 0.3) is 0 Å². The number of hydrogen-bond donors (Lipinski definition) is 0. The number of benzene rings is 4. The Balaban J connectivity index is 2.07. The van der Waals surface area contributed by atoms with Crippen molar-refractivity contribution in [3.8, 4) is 17.2 Å². The molecule has 4 aromatic carbocycles. The second-order valence-corrected chi connectivity index (χ2v) is 11.4. The average Bonchev–Trinajstić information content (AvgIpc) is 2.92. The number of nitrogens with zero attached hydrogens (tertiary/aromatic N) is 1. The van der Waals surface area contributed by atoms with Gasteiger partial charge in [-0.3, -0.25) is 10.1 Å². The SMILES string of the molecule is COc1cc(C[P+](c2ccccc2)(c2ccccc2)c2ccccc2[N+](=O)[O-])cc(OC)c1OC. The van der Waals surface area contributed by atoms with Crippen LogP contribution in [0.3, 0.4) is 0 Å². The number of methoxy groups -OCH3 is 3. The molecule has 0 radical (unpaired) electrons. The summed E-state index contributed by atoms with van der Waals surface area (Å²) in [4.78, 5) is 11.9. The highest BCUT2D eigenvalue weighted by atomic mass is 31.2. The van der Waals surface area contributed by atoms with Crippen LogP contribution in [0, 0.1) is 10.1 Å². The molecular formula is C28H27NO5P+. The zero-order chi connectivity index (χ0) is 24.8. The molecule has 0 aliphatic carbocycles. The van der Waals surface area contributed by atoms with E-state index in [9.17, 15) is 10.1 Å². The van der Waals surface area contributed by atoms with Gasteiger partial charge in [0.1, 0.15) is 17.9 Å². The van der Waals surface area contributed by atoms with Crippen molar-refractivity contribution in [3.63, 3.8) is 0 Å². The summed E-state index contributed by atoms with van der Waals surface area (Å²) in [5.41, 5.74) is 1.04. The maximum atomic E-state index is 12.2. The van der Waals surface area contributed by atoms with Gasteiger partial charge in [-0.05, 0) is 48.0 Å². The number of ether oxygens (including phenoxy) is 3. The van der Waals surface area contributed by atoms with E-state index < -0.39 is 7.26 Å². The zero-order valence-electron chi connectivity index (χ0n) is 19.9. The predicted octanol–water partition coefficient (Wildman–Crippen LogP) is 5.11. The molecule has 0 aliphatic heterocycles. The molecule has 6 nitrogen and oxygen atoms in total. The van der Waals surface area contributed by atoms with E-state index >= 15 is 0 Å². The van der Waals surface area contributed by atoms with Crippen LogP contribution in [0.4, 0.5) is 5.69 Å². The fourth-order valence-electron chi connectivity index (χ4n) is 4.50. The van der Waals surface area contributed by atoms with E-state index in [1.807, 2.05) is 60.7 Å². The third kappa shape index (κ3) is 4.58. The highest BCUT2D eigenvalue weighted by Crippen LogP contribution is 2.60. The minimum absolute atomic E-state index is 0.112. The van der Waals surface area contributed by atoms with Gasteiger partial charge in [0.05, 0.1) is 32.4 Å². The van der Waals surface area contributed by atoms with Crippen LogP contribution in [-0.4, -0.2) is 26.3 Å². The van der Waals surface area contributed by atoms with Gasteiger partial charge in [0, 0.05) is 6.07 Å². The fourth-order valence-corrected chi connectivity index (χ4v) is 8.87. The van der Waals surface area contributed by atoms with E-state index in [2.05, 4.69) is 24.3 Å². The Bertz CT molecular complexity index is 1250. The maximum absolute atomic E-state index is 12.2. The first-order valence-electron chi connectivity index (χ1n) is 11.1. The standard InChI is InChI=1S/C28H27NO5P/c1-32-25-18-21(19-26(33-2)28(25)34-3)20-35(22-12-6-4-7-13-22,23-14-8-5-9-15-23)27-17-11-10-16-24(27)29(30)31/h4-19H,20H2,1-3H3/q+1. The number of para-hydroxylation sites is 1. The van der Waals surface area contributed by atoms with Gasteiger partial charge < -0.3 is 14.2 Å². The van der Waals surface area contributed by atoms with Crippen LogP contribution in [-0.2, 0) is 6.16 Å². The Morgan fingerprint density at radius 2 is 1.20 bits per heavy atom. The van der Waals surface area contributed by atoms with Crippen LogP contribution >= 0.6 is 7.26 Å². The molecule has 0 fully saturated rings. The number of nitro benzene ring substituents is 1. The van der Waals surface area contributed by atoms with Crippen molar-refractivity contribution in [1.29, 1.82) is 0 Å². The minimum Gasteiger partial charge on any atom is -0.493 e. The summed E-state index contributed by atoms with van der Waals surface area (Å²) in [6, 6.07) is 31.0. The summed E-state index contributed by atoms with van der Waals surface area (Å²) in [5, 5.41) is 15.1. The molecule has 4 rings (SSSR count). The highest BCUT2D eigenvalue weighted by molar-refractivity contribution is 7.95. The molecule has 0 saturated carbocycles. The van der Waals surface area contributed by atoms with Crippen LogP contribution in [0.25, 0.3) is 0 Å². The van der Waals surface area contributed by atoms with Gasteiger partial charge in [-0.2, -0.15) is 0 Å². The van der Waals surface area contributed by atoms with Crippen molar-refractivity contribution < 1.29 is 19.1 Å². The summed E-state index contributed by atoms with van der Waals surface area (Å²) in [6.45, 7) is 0. The third-order valence-corrected chi connectivity index (χ3v) is 10.4. The molecule has 0 heterocycles. The maximum Gasteiger partial charge on any atom is 0.311 e. The molecule has 0 unspecified atom stereocenters. The first-order valence-corrected chi connectivity index (χ1v) is 13.0. The lowest BCUT2D eigenvalue weighted by Crippen LogP contribution is -2.33. The quantitative estimate of drug-likeness (QED) is 0.186. The van der Waals surface area contributed by atoms with Crippen LogP contribution in [0.15, 0.2) is 97.1 Å². The molecule has 4 aromatic rings. The first kappa shape index (κ1) is 24.2. The van der Waals surface area contributed by atoms with Crippen LogP contribution < -0.4 is 30.1 Å². The van der Waals surface area contributed by atoms with Crippen LogP contribution in [0.2, 0.25) is 0 Å². The summed E-state index contributed by atoms with van der Waals surface area (Å²) in [7, 11) is 2.19. The average molecular weight is 489 g/mol. The molecule has 0 bridgehead atoms. The molecule has 35 heavy (non-hydrogen) atoms. The van der Waals surface area contributed by atoms with Crippen molar-refractivity contribution in [1.82, 2.24) is 0 Å². The largest absolute Gasteiger partial charge is 0.493 e. The molecule has 0 aliphatic rings. The van der Waals surface area contributed by atoms with E-state index in [0.29, 0.717) is 23.4 Å². The fraction of sp³-hybridized carbons (Fsp3) is 0.143. The Hall–Kier alpha value is -3.89. The van der Waals surface area contributed by atoms with Crippen LogP contribution in [0.5, 0.6) is 17.2 Å². The Kier molecular flexibility index (Phi) is 7.33. The summed E-state index contributed by atoms with van der Waals surface area (Å²) in [6.07, 6.45) is 0.530. The Morgan fingerprint density at radius 3 is 1.66 bits per heavy atom. The molecule has 178 valence electrons. The first-order chi connectivity index (χ1) is 17.0. The van der Waals surface area contributed by atoms with E-state index in [1.165, 1.54) is 0 Å². The normalized spacial score (nSPS) is 11.1. The third-order valence-electron chi connectivity index (χ3n) is 6.03. The van der Waals surface area contributed by atoms with Crippen LogP contribution in [0.1, 0.15) is 5.56 Å². The van der Waals surface area contributed by atoms with E-state index in [-0.39, 0.29) is 10.6 Å². The van der Waals surface area contributed by atoms with Gasteiger partial charge in [0.2, 0.25) is 5.75 Å². The second-order valence-electron chi connectivity index (χ2n) is 7.92. The summed E-state index contributed by atoms with van der Waals surface area (Å²) >= 11 is 0. The molecule has 0 saturated heterocycles. The van der Waals surface area contributed by atoms with Crippen molar-refractivity contribution in [2.75, 3.05) is 21.3 Å². The van der Waals surface area contributed by atoms with E-state index in [4.69, 9.17) is 14.2 Å². The van der Waals surface area contributed by atoms with E-state index in [0.717, 1.165) is 21.5 Å². The minimum atomic E-state index is -2.54. The van der Waals surface area contributed by atoms with Gasteiger partial charge >= 0.3 is 5.69 Å². The highest BCUT2D eigenvalue weighted by Gasteiger charge is 2.49. The van der Waals surface area contributed by atoms with Crippen molar-refractivity contribution in [3.05, 3.63) is 113 Å². The molecule has 0 N–H and O–H groups in total. The Morgan fingerprint density at radius 1 is 0.714 bits per heavy atom. The molecule has 0 aromatic heterocycles. The van der Waals surface area contributed by atoms with Crippen molar-refractivity contribution >= 4 is 28.9 Å². The summed E-state index contributed by atoms with van der Waals surface area (Å²) < 4.78 is 16.7. The second kappa shape index (κ2) is 10.6. The number of hydrogen-bond acceptors (Lipinski definition) is 5. The van der Waals surface area contributed by atoms with E-state index in [1.54, 1.807) is 33.5 Å². The number of nitro groups is 1. The van der Waals surface area contributed by atoms with Crippen molar-refractivity contribution in [2.45, 2.75) is 6.16 Å². The molecule has 7 heteroatoms. The lowest BCUT2D eigenvalue weighted by atomic mass is 10.2. The topological polar surface area (TPSA) is 70.8 Å².